The monoisotopic (exact) mass is 629 g/mol. The Labute approximate surface area is 265 Å². The van der Waals surface area contributed by atoms with E-state index in [1.807, 2.05) is 13.8 Å². The number of esters is 1. The molecule has 0 aliphatic heterocycles. The van der Waals surface area contributed by atoms with Gasteiger partial charge in [-0.2, -0.15) is 5.10 Å². The molecule has 0 spiro atoms. The maximum atomic E-state index is 12.9. The first kappa shape index (κ1) is 32.6. The number of hydrogen-bond acceptors (Lipinski definition) is 8. The molecule has 0 aliphatic carbocycles. The van der Waals surface area contributed by atoms with Crippen LogP contribution in [0.25, 0.3) is 0 Å². The van der Waals surface area contributed by atoms with E-state index in [-0.39, 0.29) is 17.2 Å². The van der Waals surface area contributed by atoms with Gasteiger partial charge in [0.2, 0.25) is 0 Å². The summed E-state index contributed by atoms with van der Waals surface area (Å²) in [6, 6.07) is 22.6. The van der Waals surface area contributed by atoms with Gasteiger partial charge < -0.3 is 24.3 Å². The lowest BCUT2D eigenvalue weighted by molar-refractivity contribution is 0.0728. The Bertz CT molecular complexity index is 1690. The Balaban J connectivity index is 1.39. The third-order valence-electron chi connectivity index (χ3n) is 6.12. The van der Waals surface area contributed by atoms with Crippen molar-refractivity contribution in [3.8, 4) is 23.0 Å². The summed E-state index contributed by atoms with van der Waals surface area (Å²) in [5.41, 5.74) is 4.48. The fourth-order valence-corrected chi connectivity index (χ4v) is 4.19. The van der Waals surface area contributed by atoms with E-state index in [4.69, 9.17) is 30.5 Å². The van der Waals surface area contributed by atoms with Crippen LogP contribution >= 0.6 is 11.6 Å². The van der Waals surface area contributed by atoms with Crippen LogP contribution in [0.2, 0.25) is 5.02 Å². The second-order valence-corrected chi connectivity index (χ2v) is 9.73. The topological polar surface area (TPSA) is 125 Å². The van der Waals surface area contributed by atoms with Crippen LogP contribution in [0.4, 0.5) is 5.69 Å². The van der Waals surface area contributed by atoms with Crippen LogP contribution in [0.15, 0.2) is 90.0 Å². The molecular weight excluding hydrogens is 598 g/mol. The summed E-state index contributed by atoms with van der Waals surface area (Å²) in [6.45, 7) is 6.74. The van der Waals surface area contributed by atoms with Crippen LogP contribution < -0.4 is 29.7 Å². The molecule has 0 atom stereocenters. The molecule has 232 valence electrons. The van der Waals surface area contributed by atoms with Crippen molar-refractivity contribution in [2.75, 3.05) is 25.1 Å². The lowest BCUT2D eigenvalue weighted by Gasteiger charge is -2.13. The van der Waals surface area contributed by atoms with E-state index in [1.54, 1.807) is 85.8 Å². The summed E-state index contributed by atoms with van der Waals surface area (Å²) in [7, 11) is 0. The minimum Gasteiger partial charge on any atom is -0.490 e. The number of hydrogen-bond donors (Lipinski definition) is 2. The molecule has 0 fully saturated rings. The van der Waals surface area contributed by atoms with Gasteiger partial charge in [-0.15, -0.1) is 0 Å². The maximum absolute atomic E-state index is 12.9. The average Bonchev–Trinajstić information content (AvgIpc) is 3.03. The molecule has 0 saturated carbocycles. The van der Waals surface area contributed by atoms with E-state index in [1.165, 1.54) is 12.3 Å². The molecule has 0 radical (unpaired) electrons. The SMILES string of the molecule is CCOc1ccc(C(=O)Nc2cccc(C(=O)NN=Cc3ccc(OC(=O)c4ccc(Cl)cc4)c(OCC)c3)c2)cc1OCC. The molecule has 4 aromatic carbocycles. The van der Waals surface area contributed by atoms with Gasteiger partial charge in [-0.3, -0.25) is 9.59 Å². The molecule has 10 nitrogen and oxygen atoms in total. The van der Waals surface area contributed by atoms with Gasteiger partial charge >= 0.3 is 5.97 Å². The number of benzene rings is 4. The van der Waals surface area contributed by atoms with Crippen molar-refractivity contribution < 1.29 is 33.3 Å². The highest BCUT2D eigenvalue weighted by atomic mass is 35.5. The van der Waals surface area contributed by atoms with E-state index < -0.39 is 11.9 Å². The maximum Gasteiger partial charge on any atom is 0.343 e. The Morgan fingerprint density at radius 3 is 2.02 bits per heavy atom. The van der Waals surface area contributed by atoms with Crippen molar-refractivity contribution in [3.63, 3.8) is 0 Å². The lowest BCUT2D eigenvalue weighted by atomic mass is 10.1. The van der Waals surface area contributed by atoms with Crippen LogP contribution in [-0.2, 0) is 0 Å². The normalized spacial score (nSPS) is 10.7. The largest absolute Gasteiger partial charge is 0.490 e. The Hall–Kier alpha value is -5.35. The number of anilines is 1. The molecule has 4 rings (SSSR count). The first-order valence-electron chi connectivity index (χ1n) is 14.2. The smallest absolute Gasteiger partial charge is 0.343 e. The molecule has 0 heterocycles. The Morgan fingerprint density at radius 2 is 1.31 bits per heavy atom. The highest BCUT2D eigenvalue weighted by Crippen LogP contribution is 2.30. The standard InChI is InChI=1S/C34H32ClN3O7/c1-4-42-28-17-13-25(20-31(28)44-6-3)32(39)37-27-9-7-8-24(19-27)33(40)38-36-21-22-10-16-29(30(18-22)43-5-2)45-34(41)23-11-14-26(35)15-12-23/h7-21H,4-6H2,1-3H3,(H,37,39)(H,38,40). The summed E-state index contributed by atoms with van der Waals surface area (Å²) in [4.78, 5) is 38.3. The van der Waals surface area contributed by atoms with Crippen molar-refractivity contribution in [2.45, 2.75) is 20.8 Å². The van der Waals surface area contributed by atoms with Gasteiger partial charge in [0.15, 0.2) is 23.0 Å². The molecule has 0 saturated heterocycles. The van der Waals surface area contributed by atoms with Crippen molar-refractivity contribution >= 4 is 41.3 Å². The zero-order chi connectivity index (χ0) is 32.2. The van der Waals surface area contributed by atoms with E-state index >= 15 is 0 Å². The molecular formula is C34H32ClN3O7. The summed E-state index contributed by atoms with van der Waals surface area (Å²) in [5.74, 6) is 0.172. The fourth-order valence-electron chi connectivity index (χ4n) is 4.07. The molecule has 0 aliphatic rings. The quantitative estimate of drug-likeness (QED) is 0.0723. The van der Waals surface area contributed by atoms with Gasteiger partial charge in [0, 0.05) is 21.8 Å². The average molecular weight is 630 g/mol. The van der Waals surface area contributed by atoms with Gasteiger partial charge in [0.1, 0.15) is 0 Å². The Kier molecular flexibility index (Phi) is 11.5. The van der Waals surface area contributed by atoms with Gasteiger partial charge in [0.05, 0.1) is 31.6 Å². The fraction of sp³-hybridized carbons (Fsp3) is 0.176. The second kappa shape index (κ2) is 15.9. The second-order valence-electron chi connectivity index (χ2n) is 9.30. The predicted octanol–water partition coefficient (Wildman–Crippen LogP) is 6.77. The number of amides is 2. The number of ether oxygens (including phenoxy) is 4. The number of rotatable bonds is 13. The molecule has 0 aromatic heterocycles. The summed E-state index contributed by atoms with van der Waals surface area (Å²) in [5, 5.41) is 7.35. The number of carbonyl (C=O) groups is 3. The number of carbonyl (C=O) groups excluding carboxylic acids is 3. The number of hydrazone groups is 1. The molecule has 2 N–H and O–H groups in total. The molecule has 2 amide bonds. The molecule has 45 heavy (non-hydrogen) atoms. The van der Waals surface area contributed by atoms with E-state index in [9.17, 15) is 14.4 Å². The zero-order valence-electron chi connectivity index (χ0n) is 25.0. The third kappa shape index (κ3) is 9.07. The van der Waals surface area contributed by atoms with Crippen LogP contribution in [0, 0.1) is 0 Å². The Morgan fingerprint density at radius 1 is 0.689 bits per heavy atom. The highest BCUT2D eigenvalue weighted by molar-refractivity contribution is 6.30. The van der Waals surface area contributed by atoms with Crippen molar-refractivity contribution in [2.24, 2.45) is 5.10 Å². The van der Waals surface area contributed by atoms with Crippen molar-refractivity contribution in [1.29, 1.82) is 0 Å². The van der Waals surface area contributed by atoms with Crippen molar-refractivity contribution in [1.82, 2.24) is 5.43 Å². The summed E-state index contributed by atoms with van der Waals surface area (Å²) < 4.78 is 22.3. The highest BCUT2D eigenvalue weighted by Gasteiger charge is 2.15. The molecule has 0 bridgehead atoms. The minimum atomic E-state index is -0.561. The van der Waals surface area contributed by atoms with Crippen LogP contribution in [0.5, 0.6) is 23.0 Å². The van der Waals surface area contributed by atoms with E-state index in [2.05, 4.69) is 15.8 Å². The van der Waals surface area contributed by atoms with E-state index in [0.29, 0.717) is 64.5 Å². The van der Waals surface area contributed by atoms with Gasteiger partial charge in [-0.25, -0.2) is 10.2 Å². The minimum absolute atomic E-state index is 0.233. The lowest BCUT2D eigenvalue weighted by Crippen LogP contribution is -2.18. The summed E-state index contributed by atoms with van der Waals surface area (Å²) in [6.07, 6.45) is 1.43. The van der Waals surface area contributed by atoms with Crippen LogP contribution in [-0.4, -0.2) is 43.8 Å². The first-order valence-corrected chi connectivity index (χ1v) is 14.6. The van der Waals surface area contributed by atoms with Gasteiger partial charge in [-0.1, -0.05) is 17.7 Å². The first-order chi connectivity index (χ1) is 21.8. The number of nitrogens with one attached hydrogen (secondary N) is 2. The number of nitrogens with zero attached hydrogens (tertiary/aromatic N) is 1. The molecule has 4 aromatic rings. The molecule has 11 heteroatoms. The van der Waals surface area contributed by atoms with Crippen LogP contribution in [0.1, 0.15) is 57.4 Å². The number of halogens is 1. The summed E-state index contributed by atoms with van der Waals surface area (Å²) >= 11 is 5.89. The van der Waals surface area contributed by atoms with Gasteiger partial charge in [-0.05, 0) is 105 Å². The zero-order valence-corrected chi connectivity index (χ0v) is 25.7. The van der Waals surface area contributed by atoms with Crippen molar-refractivity contribution in [3.05, 3.63) is 112 Å². The molecule has 0 unspecified atom stereocenters. The van der Waals surface area contributed by atoms with E-state index in [0.717, 1.165) is 0 Å². The predicted molar refractivity (Wildman–Crippen MR) is 172 cm³/mol. The third-order valence-corrected chi connectivity index (χ3v) is 6.37. The van der Waals surface area contributed by atoms with Gasteiger partial charge in [0.25, 0.3) is 11.8 Å². The van der Waals surface area contributed by atoms with Crippen LogP contribution in [0.3, 0.4) is 0 Å².